The van der Waals surface area contributed by atoms with Gasteiger partial charge in [-0.25, -0.2) is 0 Å². The maximum Gasteiger partial charge on any atom is 0.187 e. The van der Waals surface area contributed by atoms with E-state index in [2.05, 4.69) is 21.0 Å². The van der Waals surface area contributed by atoms with Crippen molar-refractivity contribution in [3.05, 3.63) is 51.7 Å². The third-order valence-electron chi connectivity index (χ3n) is 2.46. The number of benzene rings is 1. The number of carbonyl (C=O) groups is 1. The number of carbonyl (C=O) groups excluding carboxylic acids is 1. The SMILES string of the molecule is CC(C(=O)c1cccc(Cl)c1)n1cc(Br)cn1. The number of hydrogen-bond donors (Lipinski definition) is 0. The number of halogens is 2. The minimum absolute atomic E-state index is 0.0110. The van der Waals surface area contributed by atoms with E-state index < -0.39 is 0 Å². The second-order valence-electron chi connectivity index (χ2n) is 3.69. The van der Waals surface area contributed by atoms with E-state index >= 15 is 0 Å². The van der Waals surface area contributed by atoms with Crippen LogP contribution in [0.1, 0.15) is 23.3 Å². The summed E-state index contributed by atoms with van der Waals surface area (Å²) in [4.78, 5) is 12.2. The molecule has 1 heterocycles. The van der Waals surface area contributed by atoms with E-state index in [1.165, 1.54) is 0 Å². The molecule has 0 saturated carbocycles. The van der Waals surface area contributed by atoms with E-state index in [-0.39, 0.29) is 11.8 Å². The zero-order valence-corrected chi connectivity index (χ0v) is 11.4. The van der Waals surface area contributed by atoms with E-state index in [1.54, 1.807) is 41.3 Å². The molecule has 1 atom stereocenters. The van der Waals surface area contributed by atoms with Crippen molar-refractivity contribution in [2.75, 3.05) is 0 Å². The molecule has 0 spiro atoms. The number of nitrogens with zero attached hydrogens (tertiary/aromatic N) is 2. The quantitative estimate of drug-likeness (QED) is 0.809. The Morgan fingerprint density at radius 2 is 2.29 bits per heavy atom. The van der Waals surface area contributed by atoms with Crippen LogP contribution in [0, 0.1) is 0 Å². The molecule has 17 heavy (non-hydrogen) atoms. The van der Waals surface area contributed by atoms with Gasteiger partial charge in [-0.3, -0.25) is 9.48 Å². The van der Waals surface area contributed by atoms with Crippen LogP contribution in [0.5, 0.6) is 0 Å². The lowest BCUT2D eigenvalue weighted by Crippen LogP contribution is -2.17. The molecule has 0 N–H and O–H groups in total. The summed E-state index contributed by atoms with van der Waals surface area (Å²) in [5, 5.41) is 4.66. The van der Waals surface area contributed by atoms with Crippen LogP contribution in [0.25, 0.3) is 0 Å². The summed E-state index contributed by atoms with van der Waals surface area (Å²) in [5.41, 5.74) is 0.594. The number of ketones is 1. The average Bonchev–Trinajstić information content (AvgIpc) is 2.74. The smallest absolute Gasteiger partial charge is 0.187 e. The summed E-state index contributed by atoms with van der Waals surface area (Å²) >= 11 is 9.16. The van der Waals surface area contributed by atoms with Crippen molar-refractivity contribution >= 4 is 33.3 Å². The van der Waals surface area contributed by atoms with Gasteiger partial charge in [0.15, 0.2) is 5.78 Å². The van der Waals surface area contributed by atoms with Crippen molar-refractivity contribution < 1.29 is 4.79 Å². The Hall–Kier alpha value is -1.13. The fraction of sp³-hybridized carbons (Fsp3) is 0.167. The summed E-state index contributed by atoms with van der Waals surface area (Å²) < 4.78 is 2.47. The zero-order valence-electron chi connectivity index (χ0n) is 9.10. The molecule has 0 aliphatic carbocycles. The highest BCUT2D eigenvalue weighted by atomic mass is 79.9. The van der Waals surface area contributed by atoms with Gasteiger partial charge < -0.3 is 0 Å². The number of hydrogen-bond acceptors (Lipinski definition) is 2. The second-order valence-corrected chi connectivity index (χ2v) is 5.04. The van der Waals surface area contributed by atoms with E-state index in [1.807, 2.05) is 6.92 Å². The topological polar surface area (TPSA) is 34.9 Å². The van der Waals surface area contributed by atoms with Crippen LogP contribution < -0.4 is 0 Å². The minimum atomic E-state index is -0.347. The van der Waals surface area contributed by atoms with Crippen LogP contribution >= 0.6 is 27.5 Å². The van der Waals surface area contributed by atoms with Gasteiger partial charge in [0.1, 0.15) is 6.04 Å². The molecule has 3 nitrogen and oxygen atoms in total. The molecule has 0 amide bonds. The molecule has 2 aromatic rings. The van der Waals surface area contributed by atoms with E-state index in [4.69, 9.17) is 11.6 Å². The summed E-state index contributed by atoms with van der Waals surface area (Å²) in [6, 6.07) is 6.58. The van der Waals surface area contributed by atoms with Crippen LogP contribution in [0.4, 0.5) is 0 Å². The minimum Gasteiger partial charge on any atom is -0.292 e. The molecule has 5 heteroatoms. The van der Waals surface area contributed by atoms with Crippen LogP contribution in [-0.2, 0) is 0 Å². The zero-order chi connectivity index (χ0) is 12.4. The molecule has 1 unspecified atom stereocenters. The molecule has 2 rings (SSSR count). The fourth-order valence-corrected chi connectivity index (χ4v) is 2.02. The van der Waals surface area contributed by atoms with Crippen molar-refractivity contribution in [3.63, 3.8) is 0 Å². The van der Waals surface area contributed by atoms with Gasteiger partial charge in [0.05, 0.1) is 10.7 Å². The van der Waals surface area contributed by atoms with Crippen molar-refractivity contribution in [3.8, 4) is 0 Å². The third kappa shape index (κ3) is 2.76. The van der Waals surface area contributed by atoms with Gasteiger partial charge in [-0.15, -0.1) is 0 Å². The highest BCUT2D eigenvalue weighted by Crippen LogP contribution is 2.18. The molecule has 1 aromatic heterocycles. The first kappa shape index (κ1) is 12.3. The van der Waals surface area contributed by atoms with Crippen molar-refractivity contribution in [2.24, 2.45) is 0 Å². The Morgan fingerprint density at radius 1 is 1.53 bits per heavy atom. The van der Waals surface area contributed by atoms with E-state index in [0.29, 0.717) is 10.6 Å². The fourth-order valence-electron chi connectivity index (χ4n) is 1.53. The van der Waals surface area contributed by atoms with Gasteiger partial charge in [0, 0.05) is 16.8 Å². The normalized spacial score (nSPS) is 12.4. The molecule has 0 radical (unpaired) electrons. The standard InChI is InChI=1S/C12H10BrClN2O/c1-8(16-7-10(13)6-15-16)12(17)9-3-2-4-11(14)5-9/h2-8H,1H3. The Bertz CT molecular complexity index is 553. The van der Waals surface area contributed by atoms with Crippen molar-refractivity contribution in [2.45, 2.75) is 13.0 Å². The van der Waals surface area contributed by atoms with Gasteiger partial charge in [0.2, 0.25) is 0 Å². The van der Waals surface area contributed by atoms with Crippen molar-refractivity contribution in [1.82, 2.24) is 9.78 Å². The van der Waals surface area contributed by atoms with Crippen LogP contribution in [0.2, 0.25) is 5.02 Å². The molecular formula is C12H10BrClN2O. The average molecular weight is 314 g/mol. The summed E-state index contributed by atoms with van der Waals surface area (Å²) in [6.45, 7) is 1.81. The summed E-state index contributed by atoms with van der Waals surface area (Å²) in [5.74, 6) is -0.0110. The molecule has 0 saturated heterocycles. The third-order valence-corrected chi connectivity index (χ3v) is 3.10. The molecular weight excluding hydrogens is 304 g/mol. The molecule has 0 bridgehead atoms. The Kier molecular flexibility index (Phi) is 3.64. The maximum absolute atomic E-state index is 12.2. The van der Waals surface area contributed by atoms with Gasteiger partial charge in [0.25, 0.3) is 0 Å². The van der Waals surface area contributed by atoms with Crippen molar-refractivity contribution in [1.29, 1.82) is 0 Å². The predicted octanol–water partition coefficient (Wildman–Crippen LogP) is 3.74. The summed E-state index contributed by atoms with van der Waals surface area (Å²) in [7, 11) is 0. The second kappa shape index (κ2) is 5.02. The van der Waals surface area contributed by atoms with Crippen LogP contribution in [0.3, 0.4) is 0 Å². The predicted molar refractivity (Wildman–Crippen MR) is 70.4 cm³/mol. The number of Topliss-reactive ketones (excluding diaryl/α,β-unsaturated/α-hetero) is 1. The number of aromatic nitrogens is 2. The molecule has 0 aliphatic rings. The summed E-state index contributed by atoms with van der Waals surface area (Å²) in [6.07, 6.45) is 3.43. The molecule has 0 fully saturated rings. The monoisotopic (exact) mass is 312 g/mol. The first-order valence-corrected chi connectivity index (χ1v) is 6.24. The van der Waals surface area contributed by atoms with E-state index in [0.717, 1.165) is 4.47 Å². The highest BCUT2D eigenvalue weighted by molar-refractivity contribution is 9.10. The van der Waals surface area contributed by atoms with E-state index in [9.17, 15) is 4.79 Å². The first-order valence-electron chi connectivity index (χ1n) is 5.07. The largest absolute Gasteiger partial charge is 0.292 e. The first-order chi connectivity index (χ1) is 8.08. The Morgan fingerprint density at radius 3 is 2.88 bits per heavy atom. The number of rotatable bonds is 3. The molecule has 1 aromatic carbocycles. The lowest BCUT2D eigenvalue weighted by atomic mass is 10.1. The highest BCUT2D eigenvalue weighted by Gasteiger charge is 2.17. The molecule has 88 valence electrons. The molecule has 0 aliphatic heterocycles. The maximum atomic E-state index is 12.2. The Balaban J connectivity index is 2.26. The lowest BCUT2D eigenvalue weighted by molar-refractivity contribution is 0.0928. The lowest BCUT2D eigenvalue weighted by Gasteiger charge is -2.11. The van der Waals surface area contributed by atoms with Gasteiger partial charge >= 0.3 is 0 Å². The Labute approximate surface area is 113 Å². The van der Waals surface area contributed by atoms with Gasteiger partial charge in [-0.2, -0.15) is 5.10 Å². The van der Waals surface area contributed by atoms with Gasteiger partial charge in [-0.1, -0.05) is 23.7 Å². The van der Waals surface area contributed by atoms with Gasteiger partial charge in [-0.05, 0) is 35.0 Å². The van der Waals surface area contributed by atoms with Crippen LogP contribution in [0.15, 0.2) is 41.1 Å². The van der Waals surface area contributed by atoms with Crippen LogP contribution in [-0.4, -0.2) is 15.6 Å².